The van der Waals surface area contributed by atoms with Crippen molar-refractivity contribution in [2.45, 2.75) is 13.8 Å². The van der Waals surface area contributed by atoms with Gasteiger partial charge in [-0.15, -0.1) is 0 Å². The van der Waals surface area contributed by atoms with E-state index in [0.717, 1.165) is 9.47 Å². The number of rotatable bonds is 5. The average molecular weight is 515 g/mol. The smallest absolute Gasteiger partial charge is 0.276 e. The maximum Gasteiger partial charge on any atom is 0.276 e. The van der Waals surface area contributed by atoms with Crippen LogP contribution in [0.4, 0.5) is 11.4 Å². The van der Waals surface area contributed by atoms with Crippen molar-refractivity contribution in [2.75, 3.05) is 4.90 Å². The molecule has 0 saturated heterocycles. The Bertz CT molecular complexity index is 1750. The van der Waals surface area contributed by atoms with Gasteiger partial charge in [-0.05, 0) is 55.3 Å². The van der Waals surface area contributed by atoms with Crippen molar-refractivity contribution in [1.82, 2.24) is 4.57 Å². The van der Waals surface area contributed by atoms with Gasteiger partial charge in [-0.25, -0.2) is 9.74 Å². The number of para-hydroxylation sites is 2. The van der Waals surface area contributed by atoms with E-state index >= 15 is 0 Å². The van der Waals surface area contributed by atoms with Gasteiger partial charge >= 0.3 is 0 Å². The fraction of sp³-hybridized carbons (Fsp3) is 0.0645. The molecule has 0 aliphatic carbocycles. The molecule has 39 heavy (non-hydrogen) atoms. The van der Waals surface area contributed by atoms with Crippen LogP contribution in [0.3, 0.4) is 0 Å². The summed E-state index contributed by atoms with van der Waals surface area (Å²) in [6, 6.07) is 18.8. The number of hydrogen-bond acceptors (Lipinski definition) is 5. The number of anilines is 1. The molecule has 0 radical (unpaired) electrons. The van der Waals surface area contributed by atoms with E-state index in [1.165, 1.54) is 12.2 Å². The summed E-state index contributed by atoms with van der Waals surface area (Å²) in [7, 11) is 0. The Morgan fingerprint density at radius 1 is 0.897 bits per heavy atom. The van der Waals surface area contributed by atoms with E-state index in [-0.39, 0.29) is 28.0 Å². The highest BCUT2D eigenvalue weighted by molar-refractivity contribution is 6.31. The number of aromatic hydroxyl groups is 1. The highest BCUT2D eigenvalue weighted by Crippen LogP contribution is 2.33. The second-order valence-corrected chi connectivity index (χ2v) is 8.52. The molecule has 3 aromatic rings. The molecule has 4 rings (SSSR count). The van der Waals surface area contributed by atoms with Crippen LogP contribution in [0.2, 0.25) is 0 Å². The first-order valence-corrected chi connectivity index (χ1v) is 11.8. The molecule has 0 unspecified atom stereocenters. The monoisotopic (exact) mass is 514 g/mol. The van der Waals surface area contributed by atoms with Crippen LogP contribution in [0.5, 0.6) is 5.88 Å². The predicted octanol–water partition coefficient (Wildman–Crippen LogP) is 5.31. The first-order chi connectivity index (χ1) is 18.8. The Hall–Kier alpha value is -5.73. The van der Waals surface area contributed by atoms with Crippen molar-refractivity contribution in [3.05, 3.63) is 135 Å². The van der Waals surface area contributed by atoms with Crippen LogP contribution in [0.1, 0.15) is 18.1 Å². The quantitative estimate of drug-likeness (QED) is 0.215. The number of pyridine rings is 1. The van der Waals surface area contributed by atoms with Crippen LogP contribution in [0.15, 0.2) is 106 Å². The van der Waals surface area contributed by atoms with Crippen LogP contribution in [-0.2, 0) is 9.59 Å². The average Bonchev–Trinajstić information content (AvgIpc) is 2.93. The summed E-state index contributed by atoms with van der Waals surface area (Å²) in [4.78, 5) is 43.7. The number of hydrogen-bond donors (Lipinski definition) is 1. The molecule has 0 bridgehead atoms. The number of nitriles is 1. The summed E-state index contributed by atoms with van der Waals surface area (Å²) in [6.07, 6.45) is 7.73. The van der Waals surface area contributed by atoms with Crippen molar-refractivity contribution in [2.24, 2.45) is 0 Å². The minimum Gasteiger partial charge on any atom is -0.502 e. The molecule has 2 amide bonds. The maximum atomic E-state index is 13.2. The van der Waals surface area contributed by atoms with E-state index < -0.39 is 23.3 Å². The topological polar surface area (TPSA) is 108 Å². The lowest BCUT2D eigenvalue weighted by Gasteiger charge is -2.27. The summed E-state index contributed by atoms with van der Waals surface area (Å²) < 4.78 is 1.08. The van der Waals surface area contributed by atoms with Crippen molar-refractivity contribution >= 4 is 29.3 Å². The molecule has 1 N–H and O–H groups in total. The van der Waals surface area contributed by atoms with Gasteiger partial charge in [-0.3, -0.25) is 19.0 Å². The summed E-state index contributed by atoms with van der Waals surface area (Å²) in [5.41, 5.74) is 1.13. The van der Waals surface area contributed by atoms with E-state index in [1.54, 1.807) is 92.7 Å². The molecule has 2 aromatic carbocycles. The van der Waals surface area contributed by atoms with Gasteiger partial charge in [0.1, 0.15) is 11.6 Å². The third-order valence-electron chi connectivity index (χ3n) is 6.25. The van der Waals surface area contributed by atoms with E-state index in [4.69, 9.17) is 6.57 Å². The van der Waals surface area contributed by atoms with E-state index in [1.807, 2.05) is 6.07 Å². The van der Waals surface area contributed by atoms with E-state index in [9.17, 15) is 24.8 Å². The van der Waals surface area contributed by atoms with Gasteiger partial charge in [0.25, 0.3) is 17.4 Å². The molecule has 1 aromatic heterocycles. The Kier molecular flexibility index (Phi) is 7.51. The van der Waals surface area contributed by atoms with Crippen LogP contribution < -0.4 is 10.5 Å². The number of aromatic nitrogens is 1. The molecule has 8 heteroatoms. The normalized spacial score (nSPS) is 14.9. The number of carbonyl (C=O) groups excluding carboxylic acids is 2. The number of carbonyl (C=O) groups is 2. The molecule has 0 saturated carbocycles. The lowest BCUT2D eigenvalue weighted by Crippen LogP contribution is -2.42. The molecule has 0 atom stereocenters. The minimum atomic E-state index is -0.680. The number of imide groups is 1. The lowest BCUT2D eigenvalue weighted by atomic mass is 9.94. The fourth-order valence-corrected chi connectivity index (χ4v) is 4.21. The SMILES string of the molecule is [C-]#[N+]c1c(C)c(C=CC=C/C=C2\C(=O)N(c3ccccc3)C(=O)C(C#N)=C2C)c(=O)n(-c2ccccc2)c1O. The largest absolute Gasteiger partial charge is 0.502 e. The first kappa shape index (κ1) is 26.3. The van der Waals surface area contributed by atoms with Crippen molar-refractivity contribution in [3.8, 4) is 17.6 Å². The van der Waals surface area contributed by atoms with Gasteiger partial charge in [-0.2, -0.15) is 5.26 Å². The molecule has 190 valence electrons. The van der Waals surface area contributed by atoms with Gasteiger partial charge < -0.3 is 5.11 Å². The van der Waals surface area contributed by atoms with Gasteiger partial charge in [0.05, 0.1) is 17.9 Å². The molecule has 1 aliphatic heterocycles. The Morgan fingerprint density at radius 3 is 2.10 bits per heavy atom. The zero-order valence-electron chi connectivity index (χ0n) is 21.1. The second-order valence-electron chi connectivity index (χ2n) is 8.52. The van der Waals surface area contributed by atoms with E-state index in [2.05, 4.69) is 4.85 Å². The van der Waals surface area contributed by atoms with Gasteiger partial charge in [0, 0.05) is 11.1 Å². The first-order valence-electron chi connectivity index (χ1n) is 11.8. The Labute approximate surface area is 224 Å². The predicted molar refractivity (Wildman–Crippen MR) is 148 cm³/mol. The van der Waals surface area contributed by atoms with Crippen molar-refractivity contribution < 1.29 is 14.7 Å². The number of amides is 2. The molecular weight excluding hydrogens is 492 g/mol. The molecular formula is C31H22N4O4. The third kappa shape index (κ3) is 4.83. The van der Waals surface area contributed by atoms with Crippen LogP contribution in [0, 0.1) is 24.8 Å². The van der Waals surface area contributed by atoms with E-state index in [0.29, 0.717) is 16.9 Å². The summed E-state index contributed by atoms with van der Waals surface area (Å²) in [5, 5.41) is 20.2. The molecule has 2 heterocycles. The molecule has 8 nitrogen and oxygen atoms in total. The van der Waals surface area contributed by atoms with Crippen LogP contribution in [0.25, 0.3) is 16.6 Å². The molecule has 0 fully saturated rings. The number of allylic oxidation sites excluding steroid dienone is 4. The van der Waals surface area contributed by atoms with Crippen molar-refractivity contribution in [1.29, 1.82) is 5.26 Å². The fourth-order valence-electron chi connectivity index (χ4n) is 4.21. The highest BCUT2D eigenvalue weighted by atomic mass is 16.3. The summed E-state index contributed by atoms with van der Waals surface area (Å²) >= 11 is 0. The summed E-state index contributed by atoms with van der Waals surface area (Å²) in [6.45, 7) is 10.6. The van der Waals surface area contributed by atoms with Gasteiger partial charge in [-0.1, -0.05) is 60.7 Å². The minimum absolute atomic E-state index is 0.0348. The van der Waals surface area contributed by atoms with Gasteiger partial charge in [0.15, 0.2) is 0 Å². The van der Waals surface area contributed by atoms with Gasteiger partial charge in [0.2, 0.25) is 11.6 Å². The Balaban J connectivity index is 1.71. The number of nitrogens with zero attached hydrogens (tertiary/aromatic N) is 4. The lowest BCUT2D eigenvalue weighted by molar-refractivity contribution is -0.122. The number of benzene rings is 2. The van der Waals surface area contributed by atoms with Crippen LogP contribution >= 0.6 is 0 Å². The molecule has 0 spiro atoms. The zero-order chi connectivity index (χ0) is 28.1. The Morgan fingerprint density at radius 2 is 1.51 bits per heavy atom. The van der Waals surface area contributed by atoms with Crippen molar-refractivity contribution in [3.63, 3.8) is 0 Å². The zero-order valence-corrected chi connectivity index (χ0v) is 21.1. The third-order valence-corrected chi connectivity index (χ3v) is 6.25. The maximum absolute atomic E-state index is 13.2. The summed E-state index contributed by atoms with van der Waals surface area (Å²) in [5.74, 6) is -1.67. The second kappa shape index (κ2) is 11.1. The van der Waals surface area contributed by atoms with Crippen LogP contribution in [-0.4, -0.2) is 21.5 Å². The highest BCUT2D eigenvalue weighted by Gasteiger charge is 2.36. The molecule has 1 aliphatic rings. The standard InChI is InChI=1S/C31H22N4O4/c1-20-24(28(36)34(30(38)26(20)19-32)22-13-7-4-8-14-22)17-11-6-12-18-25-21(2)27(33-3)31(39)35(29(25)37)23-15-9-5-10-16-23/h4-18,39H,1-2H3/b11-6?,18-12?,24-17-.